The summed E-state index contributed by atoms with van der Waals surface area (Å²) in [5.41, 5.74) is 6.06. The molecule has 3 rings (SSSR count). The number of rotatable bonds is 4. The molecule has 26 heavy (non-hydrogen) atoms. The number of nitriles is 1. The Bertz CT molecular complexity index is 778. The van der Waals surface area contributed by atoms with Gasteiger partial charge in [-0.1, -0.05) is 49.0 Å². The molecule has 0 bridgehead atoms. The maximum absolute atomic E-state index is 12.8. The second-order valence-corrected chi connectivity index (χ2v) is 7.03. The maximum atomic E-state index is 12.8. The van der Waals surface area contributed by atoms with Crippen LogP contribution in [0.15, 0.2) is 41.9 Å². The van der Waals surface area contributed by atoms with Crippen LogP contribution >= 0.6 is 12.2 Å². The van der Waals surface area contributed by atoms with Gasteiger partial charge in [-0.05, 0) is 31.2 Å². The highest BCUT2D eigenvalue weighted by Gasteiger charge is 2.43. The van der Waals surface area contributed by atoms with Crippen LogP contribution in [0.2, 0.25) is 0 Å². The Hall–Kier alpha value is -2.59. The van der Waals surface area contributed by atoms with Crippen LogP contribution in [0.3, 0.4) is 0 Å². The van der Waals surface area contributed by atoms with E-state index in [1.165, 1.54) is 0 Å². The third-order valence-corrected chi connectivity index (χ3v) is 5.12. The Labute approximate surface area is 157 Å². The molecule has 1 fully saturated rings. The fraction of sp³-hybridized carbons (Fsp3) is 0.421. The van der Waals surface area contributed by atoms with E-state index in [1.54, 1.807) is 30.3 Å². The lowest BCUT2D eigenvalue weighted by molar-refractivity contribution is -0.402. The Kier molecular flexibility index (Phi) is 5.14. The van der Waals surface area contributed by atoms with Crippen LogP contribution in [0.25, 0.3) is 0 Å². The molecule has 1 aliphatic heterocycles. The van der Waals surface area contributed by atoms with Gasteiger partial charge in [0.2, 0.25) is 0 Å². The fourth-order valence-corrected chi connectivity index (χ4v) is 3.78. The van der Waals surface area contributed by atoms with E-state index in [0.717, 1.165) is 19.3 Å². The zero-order valence-electron chi connectivity index (χ0n) is 14.1. The fourth-order valence-electron chi connectivity index (χ4n) is 3.59. The standard InChI is InChI=1S/C19H20N2O4S/c20-11-13(16(21)26)14(12-7-3-1-4-8-12)15-17(22)24-19(25-18(15)23)9-5-2-6-10-19/h1,3-4,7-8,13-14,22H,2,5-6,9-10H2,(H2,21,26)/p-1. The Balaban J connectivity index is 2.06. The molecule has 0 radical (unpaired) electrons. The lowest BCUT2D eigenvalue weighted by Gasteiger charge is -2.47. The number of carbonyl (C=O) groups excluding carboxylic acids is 1. The molecular formula is C19H19N2O4S-. The molecule has 2 N–H and O–H groups in total. The Morgan fingerprint density at radius 2 is 1.88 bits per heavy atom. The first kappa shape index (κ1) is 18.2. The van der Waals surface area contributed by atoms with Crippen LogP contribution < -0.4 is 10.8 Å². The largest absolute Gasteiger partial charge is 0.574 e. The number of hydrogen-bond donors (Lipinski definition) is 1. The minimum Gasteiger partial charge on any atom is -0.574 e. The lowest BCUT2D eigenvalue weighted by atomic mass is 9.80. The van der Waals surface area contributed by atoms with Crippen LogP contribution in [0, 0.1) is 17.2 Å². The predicted molar refractivity (Wildman–Crippen MR) is 95.1 cm³/mol. The van der Waals surface area contributed by atoms with Crippen molar-refractivity contribution >= 4 is 23.2 Å². The van der Waals surface area contributed by atoms with Crippen LogP contribution in [0.4, 0.5) is 0 Å². The van der Waals surface area contributed by atoms with Gasteiger partial charge < -0.3 is 20.3 Å². The number of thiocarbonyl (C=S) groups is 1. The van der Waals surface area contributed by atoms with Crippen molar-refractivity contribution in [3.8, 4) is 6.07 Å². The molecule has 1 saturated carbocycles. The van der Waals surface area contributed by atoms with Gasteiger partial charge in [0.15, 0.2) is 5.79 Å². The SMILES string of the molecule is N#CC(C(N)=S)C(C1=C([O-])OC2(CCCCC2)OC1=O)c1ccccc1. The Morgan fingerprint density at radius 1 is 1.23 bits per heavy atom. The number of carbonyl (C=O) groups is 1. The molecule has 2 aliphatic rings. The first-order valence-corrected chi connectivity index (χ1v) is 8.96. The lowest BCUT2D eigenvalue weighted by Crippen LogP contribution is -2.47. The summed E-state index contributed by atoms with van der Waals surface area (Å²) in [6.07, 6.45) is 3.64. The van der Waals surface area contributed by atoms with Crippen molar-refractivity contribution in [3.05, 3.63) is 47.4 Å². The summed E-state index contributed by atoms with van der Waals surface area (Å²) in [6, 6.07) is 10.7. The maximum Gasteiger partial charge on any atom is 0.337 e. The van der Waals surface area contributed by atoms with Gasteiger partial charge in [-0.25, -0.2) is 4.79 Å². The quantitative estimate of drug-likeness (QED) is 0.637. The van der Waals surface area contributed by atoms with E-state index in [9.17, 15) is 15.2 Å². The van der Waals surface area contributed by atoms with Gasteiger partial charge in [0.1, 0.15) is 5.92 Å². The van der Waals surface area contributed by atoms with Gasteiger partial charge in [0.25, 0.3) is 0 Å². The molecule has 1 heterocycles. The molecule has 2 atom stereocenters. The van der Waals surface area contributed by atoms with Gasteiger partial charge in [-0.15, -0.1) is 0 Å². The van der Waals surface area contributed by atoms with E-state index >= 15 is 0 Å². The molecule has 7 heteroatoms. The van der Waals surface area contributed by atoms with Gasteiger partial charge in [0, 0.05) is 5.92 Å². The molecule has 1 aromatic rings. The zero-order valence-corrected chi connectivity index (χ0v) is 15.0. The first-order chi connectivity index (χ1) is 12.5. The van der Waals surface area contributed by atoms with Crippen LogP contribution in [0.1, 0.15) is 43.6 Å². The molecule has 1 spiro atoms. The average Bonchev–Trinajstić information content (AvgIpc) is 2.61. The van der Waals surface area contributed by atoms with Crippen molar-refractivity contribution in [2.24, 2.45) is 11.7 Å². The highest BCUT2D eigenvalue weighted by molar-refractivity contribution is 7.80. The van der Waals surface area contributed by atoms with Crippen molar-refractivity contribution in [1.82, 2.24) is 0 Å². The highest BCUT2D eigenvalue weighted by atomic mass is 32.1. The second kappa shape index (κ2) is 7.34. The number of benzene rings is 1. The number of nitrogens with zero attached hydrogens (tertiary/aromatic N) is 1. The molecular weight excluding hydrogens is 352 g/mol. The minimum absolute atomic E-state index is 0.0904. The first-order valence-electron chi connectivity index (χ1n) is 8.55. The summed E-state index contributed by atoms with van der Waals surface area (Å²) < 4.78 is 11.1. The molecule has 1 aliphatic carbocycles. The Morgan fingerprint density at radius 3 is 2.42 bits per heavy atom. The predicted octanol–water partition coefficient (Wildman–Crippen LogP) is 2.00. The molecule has 6 nitrogen and oxygen atoms in total. The normalized spacial score (nSPS) is 21.3. The van der Waals surface area contributed by atoms with Crippen molar-refractivity contribution in [2.75, 3.05) is 0 Å². The number of esters is 1. The van der Waals surface area contributed by atoms with Gasteiger partial charge in [0.05, 0.1) is 22.6 Å². The molecule has 0 amide bonds. The molecule has 1 aromatic carbocycles. The number of hydrogen-bond acceptors (Lipinski definition) is 6. The van der Waals surface area contributed by atoms with E-state index < -0.39 is 29.5 Å². The van der Waals surface area contributed by atoms with Crippen LogP contribution in [0.5, 0.6) is 0 Å². The van der Waals surface area contributed by atoms with E-state index in [0.29, 0.717) is 18.4 Å². The molecule has 0 aromatic heterocycles. The van der Waals surface area contributed by atoms with Gasteiger partial charge in [-0.3, -0.25) is 0 Å². The van der Waals surface area contributed by atoms with Gasteiger partial charge >= 0.3 is 5.97 Å². The summed E-state index contributed by atoms with van der Waals surface area (Å²) in [7, 11) is 0. The highest BCUT2D eigenvalue weighted by Crippen LogP contribution is 2.42. The molecule has 136 valence electrons. The summed E-state index contributed by atoms with van der Waals surface area (Å²) in [4.78, 5) is 12.7. The van der Waals surface area contributed by atoms with E-state index in [-0.39, 0.29) is 10.6 Å². The molecule has 2 unspecified atom stereocenters. The third-order valence-electron chi connectivity index (χ3n) is 4.86. The monoisotopic (exact) mass is 371 g/mol. The van der Waals surface area contributed by atoms with E-state index in [1.807, 2.05) is 6.07 Å². The summed E-state index contributed by atoms with van der Waals surface area (Å²) in [5, 5.41) is 22.3. The van der Waals surface area contributed by atoms with Crippen molar-refractivity contribution in [3.63, 3.8) is 0 Å². The van der Waals surface area contributed by atoms with Crippen molar-refractivity contribution in [1.29, 1.82) is 5.26 Å². The molecule has 0 saturated heterocycles. The topological polar surface area (TPSA) is 108 Å². The zero-order chi connectivity index (χ0) is 18.7. The van der Waals surface area contributed by atoms with E-state index in [2.05, 4.69) is 0 Å². The number of ether oxygens (including phenoxy) is 2. The van der Waals surface area contributed by atoms with Crippen molar-refractivity contribution in [2.45, 2.75) is 43.8 Å². The van der Waals surface area contributed by atoms with Crippen LogP contribution in [-0.4, -0.2) is 16.7 Å². The summed E-state index contributed by atoms with van der Waals surface area (Å²) >= 11 is 5.00. The smallest absolute Gasteiger partial charge is 0.337 e. The minimum atomic E-state index is -1.18. The summed E-state index contributed by atoms with van der Waals surface area (Å²) in [6.45, 7) is 0. The average molecular weight is 371 g/mol. The van der Waals surface area contributed by atoms with Crippen molar-refractivity contribution < 1.29 is 19.4 Å². The van der Waals surface area contributed by atoms with E-state index in [4.69, 9.17) is 27.4 Å². The van der Waals surface area contributed by atoms with Crippen LogP contribution in [-0.2, 0) is 14.3 Å². The third kappa shape index (κ3) is 3.37. The summed E-state index contributed by atoms with van der Waals surface area (Å²) in [5.74, 6) is -4.65. The second-order valence-electron chi connectivity index (χ2n) is 6.56. The van der Waals surface area contributed by atoms with Gasteiger partial charge in [-0.2, -0.15) is 5.26 Å². The number of nitrogens with two attached hydrogens (primary N) is 1.